The molecule has 4 nitrogen and oxygen atoms in total. The van der Waals surface area contributed by atoms with Crippen LogP contribution in [0.15, 0.2) is 59.5 Å². The van der Waals surface area contributed by atoms with Crippen molar-refractivity contribution in [2.45, 2.75) is 23.7 Å². The number of nitrogens with one attached hydrogen (secondary N) is 1. The molecule has 1 amide bonds. The van der Waals surface area contributed by atoms with Crippen molar-refractivity contribution >= 4 is 17.7 Å². The number of methoxy groups -OCH3 is 1. The molecule has 0 fully saturated rings. The third-order valence-corrected chi connectivity index (χ3v) is 4.51. The molecule has 2 aromatic rings. The van der Waals surface area contributed by atoms with E-state index in [-0.39, 0.29) is 11.2 Å². The quantitative estimate of drug-likeness (QED) is 0.558. The minimum absolute atomic E-state index is 0.0131. The Morgan fingerprint density at radius 3 is 2.50 bits per heavy atom. The number of carbonyl (C=O) groups excluding carboxylic acids is 1. The van der Waals surface area contributed by atoms with Gasteiger partial charge in [-0.05, 0) is 36.8 Å². The minimum atomic E-state index is -0.160. The standard InChI is InChI=1S/C19H23NO3S/c1-15(24-18-10-8-17(22-2)9-11-18)19(21)20-12-13-23-14-16-6-4-3-5-7-16/h3-11,15H,12-14H2,1-2H3,(H,20,21). The first-order valence-corrected chi connectivity index (χ1v) is 8.77. The molecule has 0 heterocycles. The molecule has 0 saturated carbocycles. The van der Waals surface area contributed by atoms with Gasteiger partial charge >= 0.3 is 0 Å². The Kier molecular flexibility index (Phi) is 7.65. The SMILES string of the molecule is COc1ccc(SC(C)C(=O)NCCOCc2ccccc2)cc1. The lowest BCUT2D eigenvalue weighted by Gasteiger charge is -2.12. The van der Waals surface area contributed by atoms with Crippen molar-refractivity contribution < 1.29 is 14.3 Å². The van der Waals surface area contributed by atoms with Gasteiger partial charge in [0.25, 0.3) is 0 Å². The van der Waals surface area contributed by atoms with E-state index < -0.39 is 0 Å². The Hall–Kier alpha value is -1.98. The van der Waals surface area contributed by atoms with Gasteiger partial charge in [0.05, 0.1) is 25.6 Å². The number of benzene rings is 2. The van der Waals surface area contributed by atoms with Crippen LogP contribution in [-0.4, -0.2) is 31.4 Å². The molecule has 0 radical (unpaired) electrons. The third-order valence-electron chi connectivity index (χ3n) is 3.40. The largest absolute Gasteiger partial charge is 0.497 e. The lowest BCUT2D eigenvalue weighted by Crippen LogP contribution is -2.33. The lowest BCUT2D eigenvalue weighted by molar-refractivity contribution is -0.120. The van der Waals surface area contributed by atoms with Gasteiger partial charge in [0.1, 0.15) is 5.75 Å². The Morgan fingerprint density at radius 2 is 1.83 bits per heavy atom. The fraction of sp³-hybridized carbons (Fsp3) is 0.316. The van der Waals surface area contributed by atoms with Crippen LogP contribution in [0.3, 0.4) is 0 Å². The first-order chi connectivity index (χ1) is 11.7. The van der Waals surface area contributed by atoms with Crippen LogP contribution in [0.1, 0.15) is 12.5 Å². The molecule has 0 aliphatic rings. The van der Waals surface area contributed by atoms with Crippen molar-refractivity contribution in [3.63, 3.8) is 0 Å². The summed E-state index contributed by atoms with van der Waals surface area (Å²) in [6.07, 6.45) is 0. The average Bonchev–Trinajstić information content (AvgIpc) is 2.62. The normalized spacial score (nSPS) is 11.8. The van der Waals surface area contributed by atoms with Gasteiger partial charge in [-0.1, -0.05) is 30.3 Å². The number of amides is 1. The van der Waals surface area contributed by atoms with Crippen LogP contribution in [-0.2, 0) is 16.1 Å². The van der Waals surface area contributed by atoms with Crippen molar-refractivity contribution in [1.82, 2.24) is 5.32 Å². The number of hydrogen-bond donors (Lipinski definition) is 1. The van der Waals surface area contributed by atoms with E-state index in [9.17, 15) is 4.79 Å². The summed E-state index contributed by atoms with van der Waals surface area (Å²) in [5.74, 6) is 0.825. The van der Waals surface area contributed by atoms with E-state index >= 15 is 0 Å². The molecule has 1 atom stereocenters. The number of rotatable bonds is 9. The van der Waals surface area contributed by atoms with Gasteiger partial charge in [0.2, 0.25) is 5.91 Å². The van der Waals surface area contributed by atoms with E-state index in [1.807, 2.05) is 61.5 Å². The van der Waals surface area contributed by atoms with Gasteiger partial charge in [-0.2, -0.15) is 0 Å². The second kappa shape index (κ2) is 10.0. The maximum Gasteiger partial charge on any atom is 0.233 e. The molecule has 1 unspecified atom stereocenters. The van der Waals surface area contributed by atoms with E-state index in [1.54, 1.807) is 7.11 Å². The molecule has 0 saturated heterocycles. The summed E-state index contributed by atoms with van der Waals surface area (Å²) in [5, 5.41) is 2.74. The second-order valence-electron chi connectivity index (χ2n) is 5.26. The van der Waals surface area contributed by atoms with Crippen LogP contribution in [0.25, 0.3) is 0 Å². The number of carbonyl (C=O) groups is 1. The average molecular weight is 345 g/mol. The summed E-state index contributed by atoms with van der Waals surface area (Å²) < 4.78 is 10.7. The first kappa shape index (κ1) is 18.4. The van der Waals surface area contributed by atoms with Crippen LogP contribution in [0.2, 0.25) is 0 Å². The number of thioether (sulfide) groups is 1. The highest BCUT2D eigenvalue weighted by molar-refractivity contribution is 8.00. The number of ether oxygens (including phenoxy) is 2. The van der Waals surface area contributed by atoms with Crippen LogP contribution in [0.4, 0.5) is 0 Å². The van der Waals surface area contributed by atoms with Crippen LogP contribution >= 0.6 is 11.8 Å². The van der Waals surface area contributed by atoms with Crippen molar-refractivity contribution in [1.29, 1.82) is 0 Å². The lowest BCUT2D eigenvalue weighted by atomic mass is 10.2. The molecule has 1 N–H and O–H groups in total. The summed E-state index contributed by atoms with van der Waals surface area (Å²) in [6.45, 7) is 3.47. The third kappa shape index (κ3) is 6.26. The fourth-order valence-corrected chi connectivity index (χ4v) is 2.96. The van der Waals surface area contributed by atoms with E-state index in [1.165, 1.54) is 11.8 Å². The fourth-order valence-electron chi connectivity index (χ4n) is 2.07. The predicted octanol–water partition coefficient (Wildman–Crippen LogP) is 3.51. The van der Waals surface area contributed by atoms with Crippen molar-refractivity contribution in [2.75, 3.05) is 20.3 Å². The molecule has 24 heavy (non-hydrogen) atoms. The van der Waals surface area contributed by atoms with Gasteiger partial charge in [-0.3, -0.25) is 4.79 Å². The molecule has 5 heteroatoms. The predicted molar refractivity (Wildman–Crippen MR) is 97.4 cm³/mol. The maximum atomic E-state index is 12.1. The van der Waals surface area contributed by atoms with E-state index in [2.05, 4.69) is 5.32 Å². The summed E-state index contributed by atoms with van der Waals surface area (Å²) in [6, 6.07) is 17.7. The monoisotopic (exact) mass is 345 g/mol. The van der Waals surface area contributed by atoms with Crippen LogP contribution in [0.5, 0.6) is 5.75 Å². The van der Waals surface area contributed by atoms with Crippen molar-refractivity contribution in [3.8, 4) is 5.75 Å². The van der Waals surface area contributed by atoms with Gasteiger partial charge in [0.15, 0.2) is 0 Å². The van der Waals surface area contributed by atoms with Crippen molar-refractivity contribution in [2.24, 2.45) is 0 Å². The Labute approximate surface area is 147 Å². The summed E-state index contributed by atoms with van der Waals surface area (Å²) in [7, 11) is 1.64. The molecular weight excluding hydrogens is 322 g/mol. The second-order valence-corrected chi connectivity index (χ2v) is 6.68. The zero-order valence-electron chi connectivity index (χ0n) is 14.0. The van der Waals surface area contributed by atoms with Crippen LogP contribution < -0.4 is 10.1 Å². The van der Waals surface area contributed by atoms with Gasteiger partial charge in [-0.15, -0.1) is 11.8 Å². The smallest absolute Gasteiger partial charge is 0.233 e. The molecular formula is C19H23NO3S. The summed E-state index contributed by atoms with van der Waals surface area (Å²) >= 11 is 1.52. The molecule has 0 spiro atoms. The topological polar surface area (TPSA) is 47.6 Å². The molecule has 128 valence electrons. The Morgan fingerprint density at radius 1 is 1.12 bits per heavy atom. The molecule has 0 aliphatic carbocycles. The molecule has 2 aromatic carbocycles. The summed E-state index contributed by atoms with van der Waals surface area (Å²) in [5.41, 5.74) is 1.13. The van der Waals surface area contributed by atoms with Gasteiger partial charge < -0.3 is 14.8 Å². The molecule has 2 rings (SSSR count). The highest BCUT2D eigenvalue weighted by atomic mass is 32.2. The van der Waals surface area contributed by atoms with Gasteiger partial charge in [0, 0.05) is 11.4 Å². The molecule has 0 aromatic heterocycles. The number of hydrogen-bond acceptors (Lipinski definition) is 4. The molecule has 0 bridgehead atoms. The van der Waals surface area contributed by atoms with E-state index in [4.69, 9.17) is 9.47 Å². The van der Waals surface area contributed by atoms with Gasteiger partial charge in [-0.25, -0.2) is 0 Å². The van der Waals surface area contributed by atoms with E-state index in [0.717, 1.165) is 16.2 Å². The van der Waals surface area contributed by atoms with Crippen molar-refractivity contribution in [3.05, 3.63) is 60.2 Å². The minimum Gasteiger partial charge on any atom is -0.497 e. The zero-order valence-corrected chi connectivity index (χ0v) is 14.8. The first-order valence-electron chi connectivity index (χ1n) is 7.89. The Balaban J connectivity index is 1.64. The highest BCUT2D eigenvalue weighted by Crippen LogP contribution is 2.25. The zero-order chi connectivity index (χ0) is 17.2. The van der Waals surface area contributed by atoms with E-state index in [0.29, 0.717) is 19.8 Å². The molecule has 0 aliphatic heterocycles. The Bertz CT molecular complexity index is 616. The van der Waals surface area contributed by atoms with Crippen LogP contribution in [0, 0.1) is 0 Å². The maximum absolute atomic E-state index is 12.1. The highest BCUT2D eigenvalue weighted by Gasteiger charge is 2.13. The summed E-state index contributed by atoms with van der Waals surface area (Å²) in [4.78, 5) is 13.1.